The molecule has 1 fully saturated rings. The van der Waals surface area contributed by atoms with Gasteiger partial charge >= 0.3 is 0 Å². The molecule has 7 heteroatoms. The fourth-order valence-corrected chi connectivity index (χ4v) is 4.35. The predicted octanol–water partition coefficient (Wildman–Crippen LogP) is 4.76. The van der Waals surface area contributed by atoms with Crippen LogP contribution < -0.4 is 9.47 Å². The minimum absolute atomic E-state index is 0.120. The average Bonchev–Trinajstić information content (AvgIpc) is 3.20. The Labute approximate surface area is 187 Å². The molecule has 1 saturated heterocycles. The topological polar surface area (TPSA) is 64.8 Å². The zero-order chi connectivity index (χ0) is 22.5. The molecule has 0 spiro atoms. The summed E-state index contributed by atoms with van der Waals surface area (Å²) in [7, 11) is 1.61. The van der Waals surface area contributed by atoms with Crippen molar-refractivity contribution >= 4 is 16.8 Å². The first kappa shape index (κ1) is 22.3. The van der Waals surface area contributed by atoms with Crippen molar-refractivity contribution in [3.63, 3.8) is 0 Å². The van der Waals surface area contributed by atoms with Gasteiger partial charge in [0.2, 0.25) is 0 Å². The molecule has 0 N–H and O–H groups in total. The Bertz CT molecular complexity index is 1070. The van der Waals surface area contributed by atoms with Gasteiger partial charge in [-0.1, -0.05) is 11.2 Å². The monoisotopic (exact) mass is 440 g/mol. The predicted molar refractivity (Wildman–Crippen MR) is 120 cm³/mol. The molecule has 2 heterocycles. The van der Waals surface area contributed by atoms with Crippen molar-refractivity contribution in [3.8, 4) is 11.5 Å². The molecule has 2 aromatic carbocycles. The van der Waals surface area contributed by atoms with Gasteiger partial charge in [-0.15, -0.1) is 0 Å². The van der Waals surface area contributed by atoms with Crippen LogP contribution in [0.1, 0.15) is 43.4 Å². The quantitative estimate of drug-likeness (QED) is 0.447. The molecule has 6 nitrogen and oxygen atoms in total. The summed E-state index contributed by atoms with van der Waals surface area (Å²) in [5.74, 6) is 1.51. The van der Waals surface area contributed by atoms with E-state index >= 15 is 0 Å². The van der Waals surface area contributed by atoms with Crippen LogP contribution >= 0.6 is 0 Å². The molecule has 0 radical (unpaired) electrons. The van der Waals surface area contributed by atoms with Crippen molar-refractivity contribution < 1.29 is 23.2 Å². The van der Waals surface area contributed by atoms with E-state index < -0.39 is 0 Å². The molecular weight excluding hydrogens is 411 g/mol. The van der Waals surface area contributed by atoms with Gasteiger partial charge in [-0.2, -0.15) is 0 Å². The second-order valence-corrected chi connectivity index (χ2v) is 8.39. The van der Waals surface area contributed by atoms with E-state index in [-0.39, 0.29) is 11.6 Å². The Balaban J connectivity index is 1.23. The number of halogens is 1. The number of ketones is 1. The van der Waals surface area contributed by atoms with Gasteiger partial charge in [-0.05, 0) is 69.1 Å². The van der Waals surface area contributed by atoms with Crippen molar-refractivity contribution in [1.29, 1.82) is 0 Å². The van der Waals surface area contributed by atoms with Gasteiger partial charge < -0.3 is 18.9 Å². The summed E-state index contributed by atoms with van der Waals surface area (Å²) in [6.07, 6.45) is 3.32. The van der Waals surface area contributed by atoms with E-state index in [0.29, 0.717) is 36.0 Å². The number of rotatable bonds is 9. The van der Waals surface area contributed by atoms with Crippen molar-refractivity contribution in [2.45, 2.75) is 38.5 Å². The van der Waals surface area contributed by atoms with Crippen molar-refractivity contribution in [3.05, 3.63) is 53.5 Å². The Hall–Kier alpha value is -2.93. The molecule has 4 rings (SSSR count). The number of hydrogen-bond donors (Lipinski definition) is 0. The molecule has 3 aromatic rings. The number of nitrogens with zero attached hydrogens (tertiary/aromatic N) is 2. The molecule has 0 amide bonds. The number of Topliss-reactive ketones (excluding diaryl/α,β-unsaturated/α-hetero) is 1. The maximum absolute atomic E-state index is 13.4. The van der Waals surface area contributed by atoms with Crippen LogP contribution in [0.15, 0.2) is 40.9 Å². The lowest BCUT2D eigenvalue weighted by Gasteiger charge is -2.31. The molecular formula is C25H29FN2O4. The lowest BCUT2D eigenvalue weighted by molar-refractivity contribution is -0.116. The molecule has 32 heavy (non-hydrogen) atoms. The smallest absolute Gasteiger partial charge is 0.170 e. The Morgan fingerprint density at radius 2 is 2.00 bits per heavy atom. The van der Waals surface area contributed by atoms with E-state index in [2.05, 4.69) is 10.1 Å². The Morgan fingerprint density at radius 3 is 2.75 bits per heavy atom. The van der Waals surface area contributed by atoms with Gasteiger partial charge in [0.1, 0.15) is 11.6 Å². The maximum atomic E-state index is 13.4. The number of fused-ring (bicyclic) bond motifs is 1. The molecule has 0 unspecified atom stereocenters. The number of ether oxygens (including phenoxy) is 2. The molecule has 0 bridgehead atoms. The highest BCUT2D eigenvalue weighted by molar-refractivity contribution is 5.80. The number of hydrogen-bond acceptors (Lipinski definition) is 6. The maximum Gasteiger partial charge on any atom is 0.170 e. The van der Waals surface area contributed by atoms with Gasteiger partial charge in [0, 0.05) is 30.3 Å². The Morgan fingerprint density at radius 1 is 1.19 bits per heavy atom. The van der Waals surface area contributed by atoms with E-state index in [0.717, 1.165) is 55.5 Å². The number of piperidine rings is 1. The zero-order valence-electron chi connectivity index (χ0n) is 18.6. The fraction of sp³-hybridized carbons (Fsp3) is 0.440. The van der Waals surface area contributed by atoms with Crippen molar-refractivity contribution in [2.75, 3.05) is 33.4 Å². The summed E-state index contributed by atoms with van der Waals surface area (Å²) in [6, 6.07) is 10.3. The lowest BCUT2D eigenvalue weighted by Crippen LogP contribution is -2.34. The van der Waals surface area contributed by atoms with Crippen LogP contribution in [-0.2, 0) is 11.2 Å². The van der Waals surface area contributed by atoms with E-state index in [1.54, 1.807) is 20.1 Å². The van der Waals surface area contributed by atoms with Crippen LogP contribution in [0, 0.1) is 5.82 Å². The minimum atomic E-state index is -0.304. The summed E-state index contributed by atoms with van der Waals surface area (Å²) < 4.78 is 30.1. The summed E-state index contributed by atoms with van der Waals surface area (Å²) in [4.78, 5) is 13.8. The average molecular weight is 441 g/mol. The number of carbonyl (C=O) groups excluding carboxylic acids is 1. The van der Waals surface area contributed by atoms with Gasteiger partial charge in [-0.3, -0.25) is 4.79 Å². The van der Waals surface area contributed by atoms with E-state index in [9.17, 15) is 9.18 Å². The highest BCUT2D eigenvalue weighted by Gasteiger charge is 2.25. The third-order valence-corrected chi connectivity index (χ3v) is 5.99. The van der Waals surface area contributed by atoms with Gasteiger partial charge in [0.25, 0.3) is 0 Å². The first-order valence-corrected chi connectivity index (χ1v) is 11.1. The van der Waals surface area contributed by atoms with E-state index in [4.69, 9.17) is 14.0 Å². The molecule has 1 aromatic heterocycles. The lowest BCUT2D eigenvalue weighted by atomic mass is 9.91. The minimum Gasteiger partial charge on any atom is -0.493 e. The number of carbonyl (C=O) groups is 1. The van der Waals surface area contributed by atoms with Crippen LogP contribution in [0.3, 0.4) is 0 Å². The standard InChI is InChI=1S/C25H29FN2O4/c1-17(29)14-18-4-7-22(24(15-18)30-2)31-13-3-10-28-11-8-19(9-12-28)25-21-6-5-20(26)16-23(21)32-27-25/h4-7,15-16,19H,3,8-14H2,1-2H3. The normalized spacial score (nSPS) is 15.2. The number of likely N-dealkylation sites (tertiary alicyclic amines) is 1. The second-order valence-electron chi connectivity index (χ2n) is 8.39. The zero-order valence-corrected chi connectivity index (χ0v) is 18.6. The highest BCUT2D eigenvalue weighted by Crippen LogP contribution is 2.33. The van der Waals surface area contributed by atoms with Crippen LogP contribution in [-0.4, -0.2) is 49.2 Å². The second kappa shape index (κ2) is 10.1. The summed E-state index contributed by atoms with van der Waals surface area (Å²) in [6.45, 7) is 5.12. The number of benzene rings is 2. The molecule has 0 aliphatic carbocycles. The number of methoxy groups -OCH3 is 1. The summed E-state index contributed by atoms with van der Waals surface area (Å²) in [5.41, 5.74) is 2.39. The number of aromatic nitrogens is 1. The first-order valence-electron chi connectivity index (χ1n) is 11.1. The van der Waals surface area contributed by atoms with Crippen molar-refractivity contribution in [1.82, 2.24) is 10.1 Å². The third kappa shape index (κ3) is 5.27. The van der Waals surface area contributed by atoms with Crippen LogP contribution in [0.2, 0.25) is 0 Å². The van der Waals surface area contributed by atoms with Crippen LogP contribution in [0.4, 0.5) is 4.39 Å². The van der Waals surface area contributed by atoms with Crippen LogP contribution in [0.5, 0.6) is 11.5 Å². The third-order valence-electron chi connectivity index (χ3n) is 5.99. The fourth-order valence-electron chi connectivity index (χ4n) is 4.35. The molecule has 0 atom stereocenters. The largest absolute Gasteiger partial charge is 0.493 e. The van der Waals surface area contributed by atoms with E-state index in [1.807, 2.05) is 18.2 Å². The first-order chi connectivity index (χ1) is 15.5. The summed E-state index contributed by atoms with van der Waals surface area (Å²) >= 11 is 0. The van der Waals surface area contributed by atoms with Gasteiger partial charge in [0.15, 0.2) is 17.1 Å². The van der Waals surface area contributed by atoms with Crippen molar-refractivity contribution in [2.24, 2.45) is 0 Å². The van der Waals surface area contributed by atoms with E-state index in [1.165, 1.54) is 12.1 Å². The molecule has 0 saturated carbocycles. The SMILES string of the molecule is COc1cc(CC(C)=O)ccc1OCCCN1CCC(c2noc3cc(F)ccc23)CC1. The summed E-state index contributed by atoms with van der Waals surface area (Å²) in [5, 5.41) is 5.14. The molecule has 1 aliphatic heterocycles. The highest BCUT2D eigenvalue weighted by atomic mass is 19.1. The van der Waals surface area contributed by atoms with Crippen LogP contribution in [0.25, 0.3) is 11.0 Å². The molecule has 1 aliphatic rings. The molecule has 170 valence electrons. The Kier molecular flexibility index (Phi) is 7.05. The van der Waals surface area contributed by atoms with Gasteiger partial charge in [0.05, 0.1) is 19.4 Å². The van der Waals surface area contributed by atoms with Gasteiger partial charge in [-0.25, -0.2) is 4.39 Å².